The zero-order chi connectivity index (χ0) is 21.3. The van der Waals surface area contributed by atoms with Gasteiger partial charge in [-0.25, -0.2) is 9.48 Å². The van der Waals surface area contributed by atoms with Crippen molar-refractivity contribution >= 4 is 50.9 Å². The van der Waals surface area contributed by atoms with Crippen LogP contribution >= 0.6 is 22.9 Å². The van der Waals surface area contributed by atoms with Gasteiger partial charge in [-0.15, -0.1) is 11.3 Å². The van der Waals surface area contributed by atoms with E-state index >= 15 is 0 Å². The molecule has 1 N–H and O–H groups in total. The molecule has 0 radical (unpaired) electrons. The number of thiophene rings is 1. The minimum atomic E-state index is -0.757. The van der Waals surface area contributed by atoms with Crippen molar-refractivity contribution in [2.45, 2.75) is 6.92 Å². The average Bonchev–Trinajstić information content (AvgIpc) is 3.44. The Hall–Kier alpha value is -3.43. The van der Waals surface area contributed by atoms with Gasteiger partial charge in [0.2, 0.25) is 0 Å². The van der Waals surface area contributed by atoms with Gasteiger partial charge in [0.15, 0.2) is 12.4 Å². The molecule has 3 heterocycles. The van der Waals surface area contributed by atoms with Crippen LogP contribution in [0.25, 0.3) is 15.9 Å². The largest absolute Gasteiger partial charge is 0.459 e. The Morgan fingerprint density at radius 1 is 1.23 bits per heavy atom. The maximum Gasteiger partial charge on any atom is 0.348 e. The average molecular weight is 444 g/mol. The number of carbonyl (C=O) groups excluding carboxylic acids is 3. The zero-order valence-corrected chi connectivity index (χ0v) is 17.1. The predicted molar refractivity (Wildman–Crippen MR) is 110 cm³/mol. The Bertz CT molecular complexity index is 1260. The monoisotopic (exact) mass is 443 g/mol. The van der Waals surface area contributed by atoms with E-state index in [0.29, 0.717) is 9.90 Å². The quantitative estimate of drug-likeness (QED) is 0.471. The number of hydrogen-bond donors (Lipinski definition) is 1. The highest BCUT2D eigenvalue weighted by atomic mass is 35.5. The van der Waals surface area contributed by atoms with Crippen molar-refractivity contribution in [1.29, 1.82) is 0 Å². The van der Waals surface area contributed by atoms with Gasteiger partial charge in [0, 0.05) is 10.4 Å². The van der Waals surface area contributed by atoms with Crippen molar-refractivity contribution in [3.05, 3.63) is 70.1 Å². The first-order chi connectivity index (χ1) is 14.4. The van der Waals surface area contributed by atoms with E-state index in [0.717, 1.165) is 21.6 Å². The number of nitrogens with zero attached hydrogens (tertiary/aromatic N) is 2. The third-order valence-corrected chi connectivity index (χ3v) is 5.46. The molecule has 2 amide bonds. The molecule has 1 aromatic carbocycles. The summed E-state index contributed by atoms with van der Waals surface area (Å²) in [5, 5.41) is 7.95. The number of aromatic nitrogens is 2. The highest BCUT2D eigenvalue weighted by Crippen LogP contribution is 2.31. The van der Waals surface area contributed by atoms with E-state index in [-0.39, 0.29) is 5.76 Å². The maximum absolute atomic E-state index is 12.4. The van der Waals surface area contributed by atoms with Crippen molar-refractivity contribution in [2.75, 3.05) is 6.61 Å². The predicted octanol–water partition coefficient (Wildman–Crippen LogP) is 3.76. The summed E-state index contributed by atoms with van der Waals surface area (Å²) in [7, 11) is 0. The number of halogens is 1. The fourth-order valence-electron chi connectivity index (χ4n) is 2.76. The molecule has 0 unspecified atom stereocenters. The van der Waals surface area contributed by atoms with Crippen molar-refractivity contribution in [3.63, 3.8) is 0 Å². The van der Waals surface area contributed by atoms with Crippen molar-refractivity contribution in [1.82, 2.24) is 15.1 Å². The summed E-state index contributed by atoms with van der Waals surface area (Å²) in [5.74, 6) is -2.15. The fraction of sp³-hybridized carbons (Fsp3) is 0.100. The Kier molecular flexibility index (Phi) is 5.39. The summed E-state index contributed by atoms with van der Waals surface area (Å²) < 4.78 is 11.6. The van der Waals surface area contributed by atoms with Gasteiger partial charge in [-0.3, -0.25) is 14.9 Å². The van der Waals surface area contributed by atoms with Gasteiger partial charge in [-0.2, -0.15) is 5.10 Å². The molecule has 3 aromatic heterocycles. The number of rotatable bonds is 5. The number of esters is 1. The highest BCUT2D eigenvalue weighted by Gasteiger charge is 2.20. The van der Waals surface area contributed by atoms with Crippen LogP contribution in [0.15, 0.2) is 53.1 Å². The summed E-state index contributed by atoms with van der Waals surface area (Å²) >= 11 is 7.25. The Labute approximate surface area is 179 Å². The molecule has 4 aromatic rings. The van der Waals surface area contributed by atoms with Crippen molar-refractivity contribution in [3.8, 4) is 5.69 Å². The number of benzene rings is 1. The summed E-state index contributed by atoms with van der Waals surface area (Å²) in [6.45, 7) is 1.23. The first kappa shape index (κ1) is 19.9. The number of ether oxygens (including phenoxy) is 1. The molecule has 0 atom stereocenters. The van der Waals surface area contributed by atoms with Crippen LogP contribution in [0.1, 0.15) is 25.9 Å². The number of furan rings is 1. The van der Waals surface area contributed by atoms with Crippen LogP contribution in [0.4, 0.5) is 0 Å². The number of nitrogens with one attached hydrogen (secondary N) is 1. The lowest BCUT2D eigenvalue weighted by atomic mass is 10.3. The minimum absolute atomic E-state index is 0.0137. The molecule has 0 spiro atoms. The first-order valence-corrected chi connectivity index (χ1v) is 9.92. The van der Waals surface area contributed by atoms with Gasteiger partial charge in [0.1, 0.15) is 9.71 Å². The number of amides is 2. The Morgan fingerprint density at radius 2 is 2.07 bits per heavy atom. The van der Waals surface area contributed by atoms with Crippen LogP contribution in [-0.4, -0.2) is 34.2 Å². The normalized spacial score (nSPS) is 10.9. The molecule has 8 nitrogen and oxygen atoms in total. The van der Waals surface area contributed by atoms with Crippen LogP contribution in [-0.2, 0) is 9.53 Å². The van der Waals surface area contributed by atoms with Crippen LogP contribution in [0.3, 0.4) is 0 Å². The van der Waals surface area contributed by atoms with Crippen LogP contribution < -0.4 is 5.32 Å². The second kappa shape index (κ2) is 8.13. The van der Waals surface area contributed by atoms with Crippen LogP contribution in [0.2, 0.25) is 5.02 Å². The van der Waals surface area contributed by atoms with E-state index in [9.17, 15) is 14.4 Å². The molecule has 0 aliphatic heterocycles. The van der Waals surface area contributed by atoms with Crippen molar-refractivity contribution in [2.24, 2.45) is 0 Å². The lowest BCUT2D eigenvalue weighted by Crippen LogP contribution is -2.33. The molecule has 0 saturated carbocycles. The number of aryl methyl sites for hydroxylation is 1. The lowest BCUT2D eigenvalue weighted by Gasteiger charge is -2.04. The van der Waals surface area contributed by atoms with E-state index in [1.54, 1.807) is 22.9 Å². The van der Waals surface area contributed by atoms with Crippen LogP contribution in [0.5, 0.6) is 0 Å². The van der Waals surface area contributed by atoms with Gasteiger partial charge in [-0.1, -0.05) is 17.7 Å². The van der Waals surface area contributed by atoms with Gasteiger partial charge < -0.3 is 9.15 Å². The van der Waals surface area contributed by atoms with E-state index in [1.807, 2.05) is 19.1 Å². The Balaban J connectivity index is 1.47. The molecule has 10 heteroatoms. The summed E-state index contributed by atoms with van der Waals surface area (Å²) in [5.41, 5.74) is 1.50. The van der Waals surface area contributed by atoms with E-state index in [4.69, 9.17) is 20.8 Å². The molecule has 30 heavy (non-hydrogen) atoms. The third kappa shape index (κ3) is 3.98. The second-order valence-electron chi connectivity index (χ2n) is 6.24. The molecular formula is C20H14ClN3O5S. The highest BCUT2D eigenvalue weighted by molar-refractivity contribution is 7.20. The van der Waals surface area contributed by atoms with Gasteiger partial charge in [-0.05, 0) is 43.3 Å². The third-order valence-electron chi connectivity index (χ3n) is 4.13. The van der Waals surface area contributed by atoms with E-state index in [2.05, 4.69) is 10.4 Å². The number of hydrogen-bond acceptors (Lipinski definition) is 7. The lowest BCUT2D eigenvalue weighted by molar-refractivity contribution is -0.123. The minimum Gasteiger partial charge on any atom is -0.459 e. The number of fused-ring (bicyclic) bond motifs is 1. The van der Waals surface area contributed by atoms with E-state index < -0.39 is 24.4 Å². The molecule has 0 saturated heterocycles. The molecule has 0 fully saturated rings. The topological polar surface area (TPSA) is 103 Å². The first-order valence-electron chi connectivity index (χ1n) is 8.72. The second-order valence-corrected chi connectivity index (χ2v) is 7.70. The molecule has 4 rings (SSSR count). The summed E-state index contributed by atoms with van der Waals surface area (Å²) in [6, 6.07) is 11.8. The fourth-order valence-corrected chi connectivity index (χ4v) is 4.03. The standard InChI is InChI=1S/C20H14ClN3O5S/c1-11-14-9-16(30-19(14)24(23-11)13-5-2-4-12(21)8-13)20(27)29-10-17(25)22-18(26)15-6-3-7-28-15/h2-9H,10H2,1H3,(H,22,25,26). The van der Waals surface area contributed by atoms with Crippen LogP contribution in [0, 0.1) is 6.92 Å². The van der Waals surface area contributed by atoms with E-state index in [1.165, 1.54) is 29.7 Å². The van der Waals surface area contributed by atoms with Gasteiger partial charge in [0.25, 0.3) is 11.8 Å². The summed E-state index contributed by atoms with van der Waals surface area (Å²) in [4.78, 5) is 37.1. The SMILES string of the molecule is Cc1nn(-c2cccc(Cl)c2)c2sc(C(=O)OCC(=O)NC(=O)c3ccco3)cc12. The number of imide groups is 1. The Morgan fingerprint density at radius 3 is 2.80 bits per heavy atom. The molecular weight excluding hydrogens is 430 g/mol. The molecule has 0 aliphatic rings. The van der Waals surface area contributed by atoms with Gasteiger partial charge in [0.05, 0.1) is 17.6 Å². The smallest absolute Gasteiger partial charge is 0.348 e. The molecule has 0 aliphatic carbocycles. The molecule has 152 valence electrons. The molecule has 0 bridgehead atoms. The maximum atomic E-state index is 12.4. The zero-order valence-electron chi connectivity index (χ0n) is 15.5. The number of carbonyl (C=O) groups is 3. The van der Waals surface area contributed by atoms with Gasteiger partial charge >= 0.3 is 5.97 Å². The van der Waals surface area contributed by atoms with Crippen molar-refractivity contribution < 1.29 is 23.5 Å². The summed E-state index contributed by atoms with van der Waals surface area (Å²) in [6.07, 6.45) is 1.31.